The Balaban J connectivity index is 1.45. The Morgan fingerprint density at radius 1 is 1.00 bits per heavy atom. The molecule has 0 radical (unpaired) electrons. The zero-order valence-electron chi connectivity index (χ0n) is 17.9. The van der Waals surface area contributed by atoms with Gasteiger partial charge in [0.1, 0.15) is 11.7 Å². The normalized spacial score (nSPS) is 16.6. The topological polar surface area (TPSA) is 44.1 Å². The van der Waals surface area contributed by atoms with Crippen LogP contribution in [-0.2, 0) is 11.3 Å². The molecule has 0 saturated carbocycles. The van der Waals surface area contributed by atoms with Crippen molar-refractivity contribution in [1.82, 2.24) is 24.1 Å². The van der Waals surface area contributed by atoms with E-state index in [1.165, 1.54) is 0 Å². The van der Waals surface area contributed by atoms with Crippen LogP contribution in [0.1, 0.15) is 31.1 Å². The minimum atomic E-state index is -0.205. The van der Waals surface area contributed by atoms with Gasteiger partial charge in [-0.15, -0.1) is 0 Å². The van der Waals surface area contributed by atoms with E-state index in [1.54, 1.807) is 0 Å². The third kappa shape index (κ3) is 4.40. The SMILES string of the molecule is CCN(CC)C(=O)C(c1ccccc1)N1CCN(Cc2cn3ccccc3n2)CC1. The molecule has 3 heterocycles. The van der Waals surface area contributed by atoms with Gasteiger partial charge in [-0.2, -0.15) is 0 Å². The summed E-state index contributed by atoms with van der Waals surface area (Å²) in [6.45, 7) is 10.0. The smallest absolute Gasteiger partial charge is 0.244 e. The second kappa shape index (κ2) is 9.41. The number of likely N-dealkylation sites (N-methyl/N-ethyl adjacent to an activating group) is 1. The highest BCUT2D eigenvalue weighted by molar-refractivity contribution is 5.83. The number of fused-ring (bicyclic) bond motifs is 1. The Morgan fingerprint density at radius 3 is 2.37 bits per heavy atom. The molecule has 1 unspecified atom stereocenters. The number of imidazole rings is 1. The number of nitrogens with zero attached hydrogens (tertiary/aromatic N) is 5. The molecule has 1 atom stereocenters. The van der Waals surface area contributed by atoms with Gasteiger partial charge in [-0.1, -0.05) is 36.4 Å². The standard InChI is InChI=1S/C24H31N5O/c1-3-27(4-2)24(30)23(20-10-6-5-7-11-20)28-16-14-26(15-17-28)18-21-19-29-13-9-8-12-22(29)25-21/h5-13,19,23H,3-4,14-18H2,1-2H3. The summed E-state index contributed by atoms with van der Waals surface area (Å²) in [4.78, 5) is 24.8. The van der Waals surface area contributed by atoms with Gasteiger partial charge >= 0.3 is 0 Å². The largest absolute Gasteiger partial charge is 0.342 e. The maximum atomic E-state index is 13.3. The second-order valence-corrected chi connectivity index (χ2v) is 7.83. The first-order chi connectivity index (χ1) is 14.7. The van der Waals surface area contributed by atoms with Gasteiger partial charge in [-0.3, -0.25) is 14.6 Å². The number of rotatable bonds is 7. The van der Waals surface area contributed by atoms with Crippen LogP contribution in [0.25, 0.3) is 5.65 Å². The van der Waals surface area contributed by atoms with Crippen molar-refractivity contribution in [3.63, 3.8) is 0 Å². The number of pyridine rings is 1. The zero-order chi connectivity index (χ0) is 20.9. The fourth-order valence-corrected chi connectivity index (χ4v) is 4.33. The van der Waals surface area contributed by atoms with Crippen molar-refractivity contribution in [2.75, 3.05) is 39.3 Å². The molecule has 0 aliphatic carbocycles. The molecular formula is C24H31N5O. The van der Waals surface area contributed by atoms with Crippen molar-refractivity contribution >= 4 is 11.6 Å². The number of aromatic nitrogens is 2. The van der Waals surface area contributed by atoms with Gasteiger partial charge in [0.25, 0.3) is 0 Å². The van der Waals surface area contributed by atoms with Crippen molar-refractivity contribution in [1.29, 1.82) is 0 Å². The monoisotopic (exact) mass is 405 g/mol. The van der Waals surface area contributed by atoms with Crippen molar-refractivity contribution in [2.24, 2.45) is 0 Å². The molecule has 1 fully saturated rings. The van der Waals surface area contributed by atoms with E-state index in [-0.39, 0.29) is 11.9 Å². The molecule has 0 bridgehead atoms. The van der Waals surface area contributed by atoms with E-state index in [1.807, 2.05) is 47.5 Å². The number of piperazine rings is 1. The fraction of sp³-hybridized carbons (Fsp3) is 0.417. The first kappa shape index (κ1) is 20.6. The lowest BCUT2D eigenvalue weighted by molar-refractivity contribution is -0.137. The predicted molar refractivity (Wildman–Crippen MR) is 119 cm³/mol. The third-order valence-electron chi connectivity index (χ3n) is 6.00. The first-order valence-corrected chi connectivity index (χ1v) is 10.9. The minimum absolute atomic E-state index is 0.205. The molecule has 0 spiro atoms. The Bertz CT molecular complexity index is 925. The lowest BCUT2D eigenvalue weighted by Crippen LogP contribution is -2.51. The van der Waals surface area contributed by atoms with Crippen LogP contribution in [0.5, 0.6) is 0 Å². The summed E-state index contributed by atoms with van der Waals surface area (Å²) in [5.41, 5.74) is 3.16. The first-order valence-electron chi connectivity index (χ1n) is 10.9. The average Bonchev–Trinajstić information content (AvgIpc) is 3.19. The summed E-state index contributed by atoms with van der Waals surface area (Å²) in [6, 6.07) is 16.1. The van der Waals surface area contributed by atoms with E-state index in [0.29, 0.717) is 0 Å². The van der Waals surface area contributed by atoms with Gasteiger partial charge in [0.15, 0.2) is 0 Å². The highest BCUT2D eigenvalue weighted by Gasteiger charge is 2.32. The number of carbonyl (C=O) groups is 1. The van der Waals surface area contributed by atoms with Crippen LogP contribution in [0.3, 0.4) is 0 Å². The number of hydrogen-bond donors (Lipinski definition) is 0. The molecule has 6 heteroatoms. The maximum absolute atomic E-state index is 13.3. The van der Waals surface area contributed by atoms with Crippen LogP contribution in [0.2, 0.25) is 0 Å². The number of benzene rings is 1. The van der Waals surface area contributed by atoms with Crippen molar-refractivity contribution in [2.45, 2.75) is 26.4 Å². The van der Waals surface area contributed by atoms with Gasteiger partial charge in [-0.25, -0.2) is 4.98 Å². The quantitative estimate of drug-likeness (QED) is 0.606. The molecule has 30 heavy (non-hydrogen) atoms. The Labute approximate surface area is 178 Å². The molecule has 6 nitrogen and oxygen atoms in total. The highest BCUT2D eigenvalue weighted by atomic mass is 16.2. The molecule has 1 saturated heterocycles. The molecular weight excluding hydrogens is 374 g/mol. The molecule has 4 rings (SSSR count). The van der Waals surface area contributed by atoms with Crippen LogP contribution in [0, 0.1) is 0 Å². The average molecular weight is 406 g/mol. The molecule has 1 aliphatic rings. The van der Waals surface area contributed by atoms with E-state index >= 15 is 0 Å². The van der Waals surface area contributed by atoms with Crippen LogP contribution in [-0.4, -0.2) is 69.3 Å². The molecule has 1 aliphatic heterocycles. The Hall–Kier alpha value is -2.70. The van der Waals surface area contributed by atoms with Crippen LogP contribution < -0.4 is 0 Å². The Kier molecular flexibility index (Phi) is 6.45. The van der Waals surface area contributed by atoms with Gasteiger partial charge in [0.05, 0.1) is 5.69 Å². The van der Waals surface area contributed by atoms with E-state index < -0.39 is 0 Å². The van der Waals surface area contributed by atoms with Gasteiger partial charge in [0, 0.05) is 58.2 Å². The number of carbonyl (C=O) groups excluding carboxylic acids is 1. The molecule has 0 N–H and O–H groups in total. The zero-order valence-corrected chi connectivity index (χ0v) is 17.9. The summed E-state index contributed by atoms with van der Waals surface area (Å²) in [7, 11) is 0. The van der Waals surface area contributed by atoms with E-state index in [9.17, 15) is 4.79 Å². The highest BCUT2D eigenvalue weighted by Crippen LogP contribution is 2.25. The second-order valence-electron chi connectivity index (χ2n) is 7.83. The summed E-state index contributed by atoms with van der Waals surface area (Å²) >= 11 is 0. The predicted octanol–water partition coefficient (Wildman–Crippen LogP) is 3.06. The summed E-state index contributed by atoms with van der Waals surface area (Å²) in [5, 5.41) is 0. The maximum Gasteiger partial charge on any atom is 0.244 e. The summed E-state index contributed by atoms with van der Waals surface area (Å²) < 4.78 is 2.07. The van der Waals surface area contributed by atoms with E-state index in [0.717, 1.165) is 62.7 Å². The van der Waals surface area contributed by atoms with Crippen LogP contribution >= 0.6 is 0 Å². The van der Waals surface area contributed by atoms with Crippen LogP contribution in [0.15, 0.2) is 60.9 Å². The molecule has 2 aromatic heterocycles. The molecule has 3 aromatic rings. The minimum Gasteiger partial charge on any atom is -0.342 e. The Morgan fingerprint density at radius 2 is 1.70 bits per heavy atom. The van der Waals surface area contributed by atoms with Crippen LogP contribution in [0.4, 0.5) is 0 Å². The number of amides is 1. The van der Waals surface area contributed by atoms with E-state index in [2.05, 4.69) is 46.4 Å². The van der Waals surface area contributed by atoms with Crippen molar-refractivity contribution in [3.05, 3.63) is 72.2 Å². The molecule has 158 valence electrons. The number of hydrogen-bond acceptors (Lipinski definition) is 4. The van der Waals surface area contributed by atoms with Gasteiger partial charge in [0.2, 0.25) is 5.91 Å². The van der Waals surface area contributed by atoms with E-state index in [4.69, 9.17) is 4.98 Å². The molecule has 1 amide bonds. The van der Waals surface area contributed by atoms with Crippen molar-refractivity contribution < 1.29 is 4.79 Å². The summed E-state index contributed by atoms with van der Waals surface area (Å²) in [5.74, 6) is 0.208. The molecule has 1 aromatic carbocycles. The van der Waals surface area contributed by atoms with Gasteiger partial charge < -0.3 is 9.30 Å². The summed E-state index contributed by atoms with van der Waals surface area (Å²) in [6.07, 6.45) is 4.14. The fourth-order valence-electron chi connectivity index (χ4n) is 4.33. The lowest BCUT2D eigenvalue weighted by atomic mass is 10.0. The van der Waals surface area contributed by atoms with Gasteiger partial charge in [-0.05, 0) is 31.5 Å². The lowest BCUT2D eigenvalue weighted by Gasteiger charge is -2.40. The van der Waals surface area contributed by atoms with Crippen molar-refractivity contribution in [3.8, 4) is 0 Å². The third-order valence-corrected chi connectivity index (χ3v) is 6.00.